The normalized spacial score (nSPS) is 17.8. The zero-order chi connectivity index (χ0) is 10.1. The van der Waals surface area contributed by atoms with Crippen molar-refractivity contribution in [1.82, 2.24) is 0 Å². The van der Waals surface area contributed by atoms with Crippen molar-refractivity contribution in [2.75, 3.05) is 0 Å². The molecule has 1 aliphatic carbocycles. The minimum atomic E-state index is -0.892. The van der Waals surface area contributed by atoms with Crippen LogP contribution < -0.4 is 5.73 Å². The first kappa shape index (κ1) is 9.21. The topological polar surface area (TPSA) is 63.3 Å². The summed E-state index contributed by atoms with van der Waals surface area (Å²) in [6.07, 6.45) is 2.39. The molecular weight excluding hydrogens is 178 g/mol. The molecule has 0 spiro atoms. The molecule has 0 radical (unpaired) electrons. The van der Waals surface area contributed by atoms with Gasteiger partial charge < -0.3 is 10.8 Å². The summed E-state index contributed by atoms with van der Waals surface area (Å²) in [5.41, 5.74) is 7.33. The summed E-state index contributed by atoms with van der Waals surface area (Å²) in [5, 5.41) is 8.70. The molecule has 0 aromatic heterocycles. The van der Waals surface area contributed by atoms with E-state index in [1.54, 1.807) is 12.1 Å². The van der Waals surface area contributed by atoms with Crippen molar-refractivity contribution in [2.45, 2.75) is 18.9 Å². The molecule has 1 saturated carbocycles. The minimum Gasteiger partial charge on any atom is -0.478 e. The fourth-order valence-electron chi connectivity index (χ4n) is 1.58. The number of carboxylic acids is 1. The average molecular weight is 191 g/mol. The van der Waals surface area contributed by atoms with E-state index in [1.807, 2.05) is 12.1 Å². The number of aromatic carboxylic acids is 1. The van der Waals surface area contributed by atoms with Gasteiger partial charge in [-0.25, -0.2) is 4.79 Å². The van der Waals surface area contributed by atoms with E-state index in [0.717, 1.165) is 5.56 Å². The zero-order valence-electron chi connectivity index (χ0n) is 7.81. The molecule has 3 N–H and O–H groups in total. The third kappa shape index (κ3) is 1.77. The molecule has 2 rings (SSSR count). The summed E-state index contributed by atoms with van der Waals surface area (Å²) in [4.78, 5) is 10.6. The van der Waals surface area contributed by atoms with Crippen LogP contribution >= 0.6 is 0 Å². The van der Waals surface area contributed by atoms with E-state index in [0.29, 0.717) is 11.5 Å². The average Bonchev–Trinajstić information content (AvgIpc) is 3.00. The van der Waals surface area contributed by atoms with Gasteiger partial charge in [0.1, 0.15) is 0 Å². The zero-order valence-corrected chi connectivity index (χ0v) is 7.81. The van der Waals surface area contributed by atoms with Crippen LogP contribution in [0.15, 0.2) is 24.3 Å². The Bertz CT molecular complexity index is 341. The number of carboxylic acid groups (broad SMARTS) is 1. The van der Waals surface area contributed by atoms with Crippen molar-refractivity contribution in [2.24, 2.45) is 11.7 Å². The Hall–Kier alpha value is -1.35. The van der Waals surface area contributed by atoms with Crippen molar-refractivity contribution in [3.8, 4) is 0 Å². The van der Waals surface area contributed by atoms with Gasteiger partial charge in [0, 0.05) is 6.04 Å². The number of hydrogen-bond donors (Lipinski definition) is 2. The second kappa shape index (κ2) is 3.42. The van der Waals surface area contributed by atoms with E-state index < -0.39 is 5.97 Å². The maximum Gasteiger partial charge on any atom is 0.335 e. The van der Waals surface area contributed by atoms with Gasteiger partial charge in [-0.2, -0.15) is 0 Å². The van der Waals surface area contributed by atoms with Crippen LogP contribution in [0.1, 0.15) is 34.8 Å². The van der Waals surface area contributed by atoms with Crippen LogP contribution in [0.2, 0.25) is 0 Å². The van der Waals surface area contributed by atoms with Crippen molar-refractivity contribution in [1.29, 1.82) is 0 Å². The predicted octanol–water partition coefficient (Wildman–Crippen LogP) is 1.79. The fraction of sp³-hybridized carbons (Fsp3) is 0.364. The molecule has 0 saturated heterocycles. The summed E-state index contributed by atoms with van der Waals surface area (Å²) in [5.74, 6) is -0.290. The second-order valence-electron chi connectivity index (χ2n) is 3.79. The maximum absolute atomic E-state index is 10.6. The molecule has 1 aliphatic rings. The van der Waals surface area contributed by atoms with Crippen LogP contribution in [-0.4, -0.2) is 11.1 Å². The molecule has 1 fully saturated rings. The Labute approximate surface area is 82.5 Å². The lowest BCUT2D eigenvalue weighted by molar-refractivity contribution is 0.0697. The third-order valence-corrected chi connectivity index (χ3v) is 2.67. The van der Waals surface area contributed by atoms with E-state index in [4.69, 9.17) is 10.8 Å². The lowest BCUT2D eigenvalue weighted by atomic mass is 10.0. The highest BCUT2D eigenvalue weighted by Gasteiger charge is 2.29. The van der Waals surface area contributed by atoms with E-state index in [-0.39, 0.29) is 6.04 Å². The Morgan fingerprint density at radius 1 is 1.36 bits per heavy atom. The molecule has 0 amide bonds. The largest absolute Gasteiger partial charge is 0.478 e. The Kier molecular flexibility index (Phi) is 2.25. The van der Waals surface area contributed by atoms with Gasteiger partial charge in [0.05, 0.1) is 5.56 Å². The molecule has 0 heterocycles. The standard InChI is InChI=1S/C11H13NO2/c12-10(7-1-2-7)8-3-5-9(6-4-8)11(13)14/h3-7,10H,1-2,12H2,(H,13,14)/t10-/m0/s1. The van der Waals surface area contributed by atoms with Crippen LogP contribution in [0, 0.1) is 5.92 Å². The van der Waals surface area contributed by atoms with E-state index in [1.165, 1.54) is 12.8 Å². The van der Waals surface area contributed by atoms with Gasteiger partial charge in [0.15, 0.2) is 0 Å². The smallest absolute Gasteiger partial charge is 0.335 e. The Morgan fingerprint density at radius 3 is 2.36 bits per heavy atom. The first-order valence-electron chi connectivity index (χ1n) is 4.77. The molecule has 14 heavy (non-hydrogen) atoms. The van der Waals surface area contributed by atoms with Gasteiger partial charge in [-0.1, -0.05) is 12.1 Å². The summed E-state index contributed by atoms with van der Waals surface area (Å²) in [6.45, 7) is 0. The van der Waals surface area contributed by atoms with Gasteiger partial charge >= 0.3 is 5.97 Å². The summed E-state index contributed by atoms with van der Waals surface area (Å²) >= 11 is 0. The van der Waals surface area contributed by atoms with Crippen LogP contribution in [0.3, 0.4) is 0 Å². The minimum absolute atomic E-state index is 0.0813. The highest BCUT2D eigenvalue weighted by atomic mass is 16.4. The van der Waals surface area contributed by atoms with Crippen molar-refractivity contribution < 1.29 is 9.90 Å². The van der Waals surface area contributed by atoms with Gasteiger partial charge in [-0.3, -0.25) is 0 Å². The lowest BCUT2D eigenvalue weighted by Gasteiger charge is -2.10. The highest BCUT2D eigenvalue weighted by molar-refractivity contribution is 5.87. The van der Waals surface area contributed by atoms with Crippen molar-refractivity contribution >= 4 is 5.97 Å². The summed E-state index contributed by atoms with van der Waals surface area (Å²) in [6, 6.07) is 6.93. The molecule has 0 aliphatic heterocycles. The van der Waals surface area contributed by atoms with E-state index in [2.05, 4.69) is 0 Å². The molecular formula is C11H13NO2. The highest BCUT2D eigenvalue weighted by Crippen LogP contribution is 2.39. The van der Waals surface area contributed by atoms with Gasteiger partial charge in [-0.05, 0) is 36.5 Å². The summed E-state index contributed by atoms with van der Waals surface area (Å²) < 4.78 is 0. The van der Waals surface area contributed by atoms with E-state index >= 15 is 0 Å². The Morgan fingerprint density at radius 2 is 1.93 bits per heavy atom. The van der Waals surface area contributed by atoms with Crippen LogP contribution in [0.5, 0.6) is 0 Å². The number of nitrogens with two attached hydrogens (primary N) is 1. The molecule has 3 nitrogen and oxygen atoms in total. The molecule has 1 aromatic rings. The number of rotatable bonds is 3. The van der Waals surface area contributed by atoms with E-state index in [9.17, 15) is 4.79 Å². The van der Waals surface area contributed by atoms with Crippen molar-refractivity contribution in [3.05, 3.63) is 35.4 Å². The van der Waals surface area contributed by atoms with Crippen LogP contribution in [0.4, 0.5) is 0 Å². The number of benzene rings is 1. The molecule has 0 unspecified atom stereocenters. The molecule has 0 bridgehead atoms. The lowest BCUT2D eigenvalue weighted by Crippen LogP contribution is -2.12. The third-order valence-electron chi connectivity index (χ3n) is 2.67. The van der Waals surface area contributed by atoms with Gasteiger partial charge in [-0.15, -0.1) is 0 Å². The number of carbonyl (C=O) groups is 1. The fourth-order valence-corrected chi connectivity index (χ4v) is 1.58. The van der Waals surface area contributed by atoms with Gasteiger partial charge in [0.2, 0.25) is 0 Å². The monoisotopic (exact) mass is 191 g/mol. The SMILES string of the molecule is N[C@H](c1ccc(C(=O)O)cc1)C1CC1. The first-order valence-corrected chi connectivity index (χ1v) is 4.77. The molecule has 1 aromatic carbocycles. The quantitative estimate of drug-likeness (QED) is 0.765. The van der Waals surface area contributed by atoms with Crippen LogP contribution in [0.25, 0.3) is 0 Å². The van der Waals surface area contributed by atoms with Crippen LogP contribution in [-0.2, 0) is 0 Å². The molecule has 1 atom stereocenters. The summed E-state index contributed by atoms with van der Waals surface area (Å²) in [7, 11) is 0. The maximum atomic E-state index is 10.6. The Balaban J connectivity index is 2.16. The first-order chi connectivity index (χ1) is 6.68. The molecule has 3 heteroatoms. The second-order valence-corrected chi connectivity index (χ2v) is 3.79. The van der Waals surface area contributed by atoms with Gasteiger partial charge in [0.25, 0.3) is 0 Å². The van der Waals surface area contributed by atoms with Crippen molar-refractivity contribution in [3.63, 3.8) is 0 Å². The predicted molar refractivity (Wildman–Crippen MR) is 53.1 cm³/mol. The molecule has 74 valence electrons. The number of hydrogen-bond acceptors (Lipinski definition) is 2.